The number of rotatable bonds is 3. The average molecular weight is 171 g/mol. The fourth-order valence-electron chi connectivity index (χ4n) is 1.78. The molecule has 0 spiro atoms. The summed E-state index contributed by atoms with van der Waals surface area (Å²) >= 11 is 0. The molecular weight excluding hydrogens is 154 g/mol. The van der Waals surface area contributed by atoms with E-state index in [9.17, 15) is 4.79 Å². The number of carbonyl (C=O) groups excluding carboxylic acids is 1. The Morgan fingerprint density at radius 2 is 2.00 bits per heavy atom. The van der Waals surface area contributed by atoms with Crippen LogP contribution >= 0.6 is 0 Å². The summed E-state index contributed by atoms with van der Waals surface area (Å²) in [5.74, 6) is 0.419. The minimum Gasteiger partial charge on any atom is -0.450 e. The third-order valence-electron chi connectivity index (χ3n) is 2.42. The number of hydrogen-bond acceptors (Lipinski definition) is 3. The standard InChI is InChI=1S/C9H17NO2/c10-7-12-9(11)6-8-4-2-1-3-5-8/h8H,1-7,10H2. The first-order valence-electron chi connectivity index (χ1n) is 4.68. The molecule has 1 fully saturated rings. The Morgan fingerprint density at radius 1 is 1.33 bits per heavy atom. The zero-order valence-corrected chi connectivity index (χ0v) is 7.42. The Kier molecular flexibility index (Phi) is 4.08. The largest absolute Gasteiger partial charge is 0.450 e. The highest BCUT2D eigenvalue weighted by atomic mass is 16.5. The molecule has 0 aromatic heterocycles. The van der Waals surface area contributed by atoms with Crippen molar-refractivity contribution in [3.8, 4) is 0 Å². The fourth-order valence-corrected chi connectivity index (χ4v) is 1.78. The first kappa shape index (κ1) is 9.52. The summed E-state index contributed by atoms with van der Waals surface area (Å²) in [4.78, 5) is 11.0. The molecule has 0 atom stereocenters. The molecule has 70 valence electrons. The lowest BCUT2D eigenvalue weighted by Gasteiger charge is -2.20. The second-order valence-corrected chi connectivity index (χ2v) is 3.39. The molecule has 0 amide bonds. The molecule has 3 nitrogen and oxygen atoms in total. The van der Waals surface area contributed by atoms with Gasteiger partial charge in [-0.05, 0) is 18.8 Å². The molecule has 1 saturated carbocycles. The first-order valence-corrected chi connectivity index (χ1v) is 4.68. The highest BCUT2D eigenvalue weighted by Crippen LogP contribution is 2.26. The Morgan fingerprint density at radius 3 is 2.58 bits per heavy atom. The topological polar surface area (TPSA) is 52.3 Å². The SMILES string of the molecule is NCOC(=O)CC1CCCCC1. The average Bonchev–Trinajstić information content (AvgIpc) is 2.06. The van der Waals surface area contributed by atoms with Crippen LogP contribution in [0.1, 0.15) is 38.5 Å². The van der Waals surface area contributed by atoms with Crippen molar-refractivity contribution in [3.63, 3.8) is 0 Å². The van der Waals surface area contributed by atoms with Gasteiger partial charge < -0.3 is 4.74 Å². The third-order valence-corrected chi connectivity index (χ3v) is 2.42. The highest BCUT2D eigenvalue weighted by molar-refractivity contribution is 5.69. The normalized spacial score (nSPS) is 19.1. The first-order chi connectivity index (χ1) is 5.83. The molecule has 2 N–H and O–H groups in total. The van der Waals surface area contributed by atoms with Crippen molar-refractivity contribution in [1.82, 2.24) is 0 Å². The van der Waals surface area contributed by atoms with E-state index in [4.69, 9.17) is 5.73 Å². The van der Waals surface area contributed by atoms with Gasteiger partial charge in [0.15, 0.2) is 0 Å². The van der Waals surface area contributed by atoms with E-state index >= 15 is 0 Å². The molecule has 0 saturated heterocycles. The van der Waals surface area contributed by atoms with Crippen molar-refractivity contribution >= 4 is 5.97 Å². The van der Waals surface area contributed by atoms with Crippen LogP contribution in [0.5, 0.6) is 0 Å². The number of nitrogens with two attached hydrogens (primary N) is 1. The van der Waals surface area contributed by atoms with E-state index in [2.05, 4.69) is 4.74 Å². The minimum absolute atomic E-state index is 0.0194. The summed E-state index contributed by atoms with van der Waals surface area (Å²) in [5, 5.41) is 0. The lowest BCUT2D eigenvalue weighted by Crippen LogP contribution is -2.17. The zero-order valence-electron chi connectivity index (χ0n) is 7.42. The lowest BCUT2D eigenvalue weighted by molar-refractivity contribution is -0.144. The van der Waals surface area contributed by atoms with Crippen molar-refractivity contribution in [2.24, 2.45) is 11.7 Å². The smallest absolute Gasteiger partial charge is 0.307 e. The number of hydrogen-bond donors (Lipinski definition) is 1. The van der Waals surface area contributed by atoms with E-state index in [0.29, 0.717) is 12.3 Å². The molecule has 0 aromatic carbocycles. The highest BCUT2D eigenvalue weighted by Gasteiger charge is 2.17. The van der Waals surface area contributed by atoms with E-state index in [1.54, 1.807) is 0 Å². The molecular formula is C9H17NO2. The van der Waals surface area contributed by atoms with Crippen molar-refractivity contribution in [1.29, 1.82) is 0 Å². The number of ether oxygens (including phenoxy) is 1. The molecule has 0 radical (unpaired) electrons. The van der Waals surface area contributed by atoms with Crippen LogP contribution in [-0.4, -0.2) is 12.7 Å². The van der Waals surface area contributed by atoms with Crippen molar-refractivity contribution in [2.75, 3.05) is 6.73 Å². The van der Waals surface area contributed by atoms with Gasteiger partial charge in [-0.1, -0.05) is 19.3 Å². The summed E-state index contributed by atoms with van der Waals surface area (Å²) < 4.78 is 4.68. The number of carbonyl (C=O) groups is 1. The van der Waals surface area contributed by atoms with Gasteiger partial charge in [0.25, 0.3) is 0 Å². The quantitative estimate of drug-likeness (QED) is 0.516. The van der Waals surface area contributed by atoms with Crippen LogP contribution in [-0.2, 0) is 9.53 Å². The molecule has 0 unspecified atom stereocenters. The van der Waals surface area contributed by atoms with Gasteiger partial charge in [0.05, 0.1) is 0 Å². The Balaban J connectivity index is 2.15. The van der Waals surface area contributed by atoms with Crippen molar-refractivity contribution < 1.29 is 9.53 Å². The van der Waals surface area contributed by atoms with E-state index in [1.807, 2.05) is 0 Å². The molecule has 1 aliphatic carbocycles. The lowest BCUT2D eigenvalue weighted by atomic mass is 9.87. The molecule has 0 bridgehead atoms. The zero-order chi connectivity index (χ0) is 8.81. The van der Waals surface area contributed by atoms with E-state index in [-0.39, 0.29) is 12.7 Å². The predicted octanol–water partition coefficient (Wildman–Crippen LogP) is 1.42. The van der Waals surface area contributed by atoms with Gasteiger partial charge in [0, 0.05) is 6.42 Å². The van der Waals surface area contributed by atoms with Gasteiger partial charge in [0.1, 0.15) is 6.73 Å². The second-order valence-electron chi connectivity index (χ2n) is 3.39. The predicted molar refractivity (Wildman–Crippen MR) is 46.3 cm³/mol. The molecule has 0 aliphatic heterocycles. The monoisotopic (exact) mass is 171 g/mol. The van der Waals surface area contributed by atoms with E-state index in [1.165, 1.54) is 32.1 Å². The Bertz CT molecular complexity index is 141. The van der Waals surface area contributed by atoms with Gasteiger partial charge in [-0.25, -0.2) is 0 Å². The van der Waals surface area contributed by atoms with Crippen LogP contribution in [0.2, 0.25) is 0 Å². The maximum Gasteiger partial charge on any atom is 0.307 e. The molecule has 1 rings (SSSR count). The summed E-state index contributed by atoms with van der Waals surface area (Å²) in [5.41, 5.74) is 5.09. The Hall–Kier alpha value is -0.570. The molecule has 12 heavy (non-hydrogen) atoms. The molecule has 3 heteroatoms. The van der Waals surface area contributed by atoms with Gasteiger partial charge in [-0.3, -0.25) is 10.5 Å². The molecule has 1 aliphatic rings. The van der Waals surface area contributed by atoms with E-state index in [0.717, 1.165) is 0 Å². The fraction of sp³-hybridized carbons (Fsp3) is 0.889. The maximum absolute atomic E-state index is 11.0. The van der Waals surface area contributed by atoms with Gasteiger partial charge in [-0.15, -0.1) is 0 Å². The summed E-state index contributed by atoms with van der Waals surface area (Å²) in [6.07, 6.45) is 6.78. The Labute approximate surface area is 73.3 Å². The van der Waals surface area contributed by atoms with Crippen LogP contribution < -0.4 is 5.73 Å². The van der Waals surface area contributed by atoms with Gasteiger partial charge in [0.2, 0.25) is 0 Å². The third kappa shape index (κ3) is 3.22. The van der Waals surface area contributed by atoms with Crippen LogP contribution in [0.3, 0.4) is 0 Å². The van der Waals surface area contributed by atoms with Crippen LogP contribution in [0, 0.1) is 5.92 Å². The van der Waals surface area contributed by atoms with Crippen LogP contribution in [0.25, 0.3) is 0 Å². The molecule has 0 aromatic rings. The van der Waals surface area contributed by atoms with Crippen LogP contribution in [0.15, 0.2) is 0 Å². The summed E-state index contributed by atoms with van der Waals surface area (Å²) in [6.45, 7) is 0.0194. The molecule has 0 heterocycles. The van der Waals surface area contributed by atoms with Crippen molar-refractivity contribution in [3.05, 3.63) is 0 Å². The van der Waals surface area contributed by atoms with Gasteiger partial charge in [-0.2, -0.15) is 0 Å². The van der Waals surface area contributed by atoms with Crippen molar-refractivity contribution in [2.45, 2.75) is 38.5 Å². The minimum atomic E-state index is -0.135. The number of esters is 1. The second kappa shape index (κ2) is 5.14. The summed E-state index contributed by atoms with van der Waals surface area (Å²) in [7, 11) is 0. The maximum atomic E-state index is 11.0. The van der Waals surface area contributed by atoms with E-state index < -0.39 is 0 Å². The summed E-state index contributed by atoms with van der Waals surface area (Å²) in [6, 6.07) is 0. The van der Waals surface area contributed by atoms with Crippen LogP contribution in [0.4, 0.5) is 0 Å². The van der Waals surface area contributed by atoms with Gasteiger partial charge >= 0.3 is 5.97 Å².